The lowest BCUT2D eigenvalue weighted by Gasteiger charge is -2.22. The van der Waals surface area contributed by atoms with Crippen LogP contribution in [-0.2, 0) is 4.79 Å². The maximum atomic E-state index is 11.9. The van der Waals surface area contributed by atoms with E-state index in [1.165, 1.54) is 0 Å². The zero-order valence-electron chi connectivity index (χ0n) is 10.9. The number of hydrogen-bond acceptors (Lipinski definition) is 3. The van der Waals surface area contributed by atoms with Crippen LogP contribution in [0.25, 0.3) is 0 Å². The summed E-state index contributed by atoms with van der Waals surface area (Å²) in [7, 11) is 0. The van der Waals surface area contributed by atoms with Crippen LogP contribution in [0.5, 0.6) is 0 Å². The van der Waals surface area contributed by atoms with E-state index in [1.807, 2.05) is 0 Å². The SMILES string of the molecule is N#CC1(NC(=O)CNc2ccc(Cl)cc2Cl)CCCC1. The summed E-state index contributed by atoms with van der Waals surface area (Å²) >= 11 is 11.8. The molecule has 1 saturated carbocycles. The van der Waals surface area contributed by atoms with E-state index in [1.54, 1.807) is 18.2 Å². The standard InChI is InChI=1S/C14H15Cl2N3O/c15-10-3-4-12(11(16)7-10)18-8-13(20)19-14(9-17)5-1-2-6-14/h3-4,7,18H,1-2,5-6,8H2,(H,19,20). The number of hydrogen-bond donors (Lipinski definition) is 2. The molecule has 0 radical (unpaired) electrons. The number of halogens is 2. The summed E-state index contributed by atoms with van der Waals surface area (Å²) in [6, 6.07) is 7.24. The summed E-state index contributed by atoms with van der Waals surface area (Å²) in [4.78, 5) is 11.9. The maximum absolute atomic E-state index is 11.9. The van der Waals surface area contributed by atoms with E-state index in [4.69, 9.17) is 23.2 Å². The second-order valence-corrected chi connectivity index (χ2v) is 5.77. The number of nitrogens with one attached hydrogen (secondary N) is 2. The highest BCUT2D eigenvalue weighted by Gasteiger charge is 2.35. The van der Waals surface area contributed by atoms with Crippen molar-refractivity contribution in [3.05, 3.63) is 28.2 Å². The highest BCUT2D eigenvalue weighted by atomic mass is 35.5. The lowest BCUT2D eigenvalue weighted by Crippen LogP contribution is -2.47. The number of benzene rings is 1. The fraction of sp³-hybridized carbons (Fsp3) is 0.429. The predicted molar refractivity (Wildman–Crippen MR) is 79.9 cm³/mol. The molecule has 2 N–H and O–H groups in total. The van der Waals surface area contributed by atoms with Crippen molar-refractivity contribution < 1.29 is 4.79 Å². The monoisotopic (exact) mass is 311 g/mol. The third-order valence-corrected chi connectivity index (χ3v) is 3.97. The van der Waals surface area contributed by atoms with Crippen LogP contribution in [0.4, 0.5) is 5.69 Å². The molecule has 106 valence electrons. The smallest absolute Gasteiger partial charge is 0.240 e. The lowest BCUT2D eigenvalue weighted by molar-refractivity contribution is -0.120. The molecule has 4 nitrogen and oxygen atoms in total. The first-order valence-corrected chi connectivity index (χ1v) is 7.21. The molecule has 6 heteroatoms. The fourth-order valence-electron chi connectivity index (χ4n) is 2.36. The van der Waals surface area contributed by atoms with E-state index < -0.39 is 5.54 Å². The normalized spacial score (nSPS) is 16.4. The molecule has 1 aromatic carbocycles. The highest BCUT2D eigenvalue weighted by Crippen LogP contribution is 2.29. The molecule has 0 atom stereocenters. The maximum Gasteiger partial charge on any atom is 0.240 e. The molecule has 1 aromatic rings. The van der Waals surface area contributed by atoms with Gasteiger partial charge in [-0.3, -0.25) is 4.79 Å². The van der Waals surface area contributed by atoms with Gasteiger partial charge in [-0.1, -0.05) is 23.2 Å². The number of rotatable bonds is 4. The van der Waals surface area contributed by atoms with Crippen LogP contribution in [0.2, 0.25) is 10.0 Å². The number of amides is 1. The minimum Gasteiger partial charge on any atom is -0.375 e. The first kappa shape index (κ1) is 15.0. The van der Waals surface area contributed by atoms with E-state index in [9.17, 15) is 10.1 Å². The first-order valence-electron chi connectivity index (χ1n) is 6.46. The Balaban J connectivity index is 1.91. The van der Waals surface area contributed by atoms with Gasteiger partial charge in [0.05, 0.1) is 23.3 Å². The molecule has 1 amide bonds. The van der Waals surface area contributed by atoms with Gasteiger partial charge >= 0.3 is 0 Å². The van der Waals surface area contributed by atoms with Gasteiger partial charge in [0.15, 0.2) is 0 Å². The zero-order chi connectivity index (χ0) is 14.6. The molecule has 0 spiro atoms. The molecule has 20 heavy (non-hydrogen) atoms. The quantitative estimate of drug-likeness (QED) is 0.896. The summed E-state index contributed by atoms with van der Waals surface area (Å²) in [5.41, 5.74) is -0.0496. The van der Waals surface area contributed by atoms with Crippen molar-refractivity contribution >= 4 is 34.8 Å². The van der Waals surface area contributed by atoms with Gasteiger partial charge in [-0.25, -0.2) is 0 Å². The minimum atomic E-state index is -0.692. The van der Waals surface area contributed by atoms with Gasteiger partial charge in [0.25, 0.3) is 0 Å². The Morgan fingerprint density at radius 2 is 2.05 bits per heavy atom. The molecule has 2 rings (SSSR count). The van der Waals surface area contributed by atoms with E-state index in [2.05, 4.69) is 16.7 Å². The largest absolute Gasteiger partial charge is 0.375 e. The Bertz CT molecular complexity index is 548. The lowest BCUT2D eigenvalue weighted by atomic mass is 10.00. The summed E-state index contributed by atoms with van der Waals surface area (Å²) in [6.45, 7) is 0.0742. The van der Waals surface area contributed by atoms with E-state index in [0.29, 0.717) is 15.7 Å². The van der Waals surface area contributed by atoms with Crippen LogP contribution in [-0.4, -0.2) is 18.0 Å². The van der Waals surface area contributed by atoms with Crippen molar-refractivity contribution in [1.82, 2.24) is 5.32 Å². The van der Waals surface area contributed by atoms with Crippen molar-refractivity contribution in [2.45, 2.75) is 31.2 Å². The topological polar surface area (TPSA) is 64.9 Å². The van der Waals surface area contributed by atoms with Crippen molar-refractivity contribution in [2.75, 3.05) is 11.9 Å². The molecule has 1 fully saturated rings. The molecular weight excluding hydrogens is 297 g/mol. The Kier molecular flexibility index (Phi) is 4.74. The van der Waals surface area contributed by atoms with Gasteiger partial charge in [-0.15, -0.1) is 0 Å². The van der Waals surface area contributed by atoms with Crippen LogP contribution in [0, 0.1) is 11.3 Å². The molecule has 0 bridgehead atoms. The number of nitrogens with zero attached hydrogens (tertiary/aromatic N) is 1. The predicted octanol–water partition coefficient (Wildman–Crippen LogP) is 3.36. The van der Waals surface area contributed by atoms with Gasteiger partial charge < -0.3 is 10.6 Å². The Morgan fingerprint density at radius 3 is 2.65 bits per heavy atom. The molecular formula is C14H15Cl2N3O. The summed E-state index contributed by atoms with van der Waals surface area (Å²) in [5.74, 6) is -0.209. The summed E-state index contributed by atoms with van der Waals surface area (Å²) in [5, 5.41) is 16.0. The van der Waals surface area contributed by atoms with Crippen molar-refractivity contribution in [2.24, 2.45) is 0 Å². The molecule has 1 aliphatic rings. The molecule has 0 unspecified atom stereocenters. The van der Waals surface area contributed by atoms with E-state index >= 15 is 0 Å². The van der Waals surface area contributed by atoms with Crippen LogP contribution in [0.3, 0.4) is 0 Å². The van der Waals surface area contributed by atoms with Crippen LogP contribution < -0.4 is 10.6 Å². The van der Waals surface area contributed by atoms with Crippen molar-refractivity contribution in [1.29, 1.82) is 5.26 Å². The van der Waals surface area contributed by atoms with Gasteiger partial charge in [-0.05, 0) is 43.9 Å². The Labute approximate surface area is 128 Å². The van der Waals surface area contributed by atoms with Crippen molar-refractivity contribution in [3.63, 3.8) is 0 Å². The van der Waals surface area contributed by atoms with Gasteiger partial charge in [0.2, 0.25) is 5.91 Å². The van der Waals surface area contributed by atoms with Gasteiger partial charge in [0.1, 0.15) is 5.54 Å². The van der Waals surface area contributed by atoms with Crippen LogP contribution in [0.1, 0.15) is 25.7 Å². The van der Waals surface area contributed by atoms with Crippen LogP contribution in [0.15, 0.2) is 18.2 Å². The van der Waals surface area contributed by atoms with Gasteiger partial charge in [-0.2, -0.15) is 5.26 Å². The van der Waals surface area contributed by atoms with Crippen molar-refractivity contribution in [3.8, 4) is 6.07 Å². The van der Waals surface area contributed by atoms with Gasteiger partial charge in [0, 0.05) is 5.02 Å². The third kappa shape index (κ3) is 3.56. The molecule has 1 aliphatic carbocycles. The second kappa shape index (κ2) is 6.34. The number of carbonyl (C=O) groups excluding carboxylic acids is 1. The molecule has 0 aliphatic heterocycles. The Hall–Kier alpha value is -1.44. The summed E-state index contributed by atoms with van der Waals surface area (Å²) < 4.78 is 0. The van der Waals surface area contributed by atoms with Crippen LogP contribution >= 0.6 is 23.2 Å². The van der Waals surface area contributed by atoms with E-state index in [0.717, 1.165) is 25.7 Å². The zero-order valence-corrected chi connectivity index (χ0v) is 12.4. The highest BCUT2D eigenvalue weighted by molar-refractivity contribution is 6.36. The average molecular weight is 312 g/mol. The average Bonchev–Trinajstić information content (AvgIpc) is 2.87. The van der Waals surface area contributed by atoms with E-state index in [-0.39, 0.29) is 12.5 Å². The fourth-order valence-corrected chi connectivity index (χ4v) is 2.84. The third-order valence-electron chi connectivity index (χ3n) is 3.42. The summed E-state index contributed by atoms with van der Waals surface area (Å²) in [6.07, 6.45) is 3.39. The Morgan fingerprint density at radius 1 is 1.35 bits per heavy atom. The molecule has 0 saturated heterocycles. The second-order valence-electron chi connectivity index (χ2n) is 4.93. The first-order chi connectivity index (χ1) is 9.54. The molecule has 0 heterocycles. The number of nitriles is 1. The number of anilines is 1. The minimum absolute atomic E-state index is 0.0742. The number of carbonyl (C=O) groups is 1. The molecule has 0 aromatic heterocycles.